The average molecular weight is 447 g/mol. The Bertz CT molecular complexity index is 954. The van der Waals surface area contributed by atoms with Gasteiger partial charge in [0.15, 0.2) is 0 Å². The Morgan fingerprint density at radius 3 is 2.68 bits per heavy atom. The molecule has 10 heteroatoms. The number of hydrogen-bond donors (Lipinski definition) is 3. The molecule has 1 aromatic carbocycles. The van der Waals surface area contributed by atoms with E-state index >= 15 is 0 Å². The highest BCUT2D eigenvalue weighted by molar-refractivity contribution is 8.18. The number of anilines is 1. The van der Waals surface area contributed by atoms with Crippen LogP contribution in [0.2, 0.25) is 0 Å². The summed E-state index contributed by atoms with van der Waals surface area (Å²) in [7, 11) is 0. The first-order chi connectivity index (χ1) is 14.5. The summed E-state index contributed by atoms with van der Waals surface area (Å²) < 4.78 is 5.35. The minimum absolute atomic E-state index is 0.120. The van der Waals surface area contributed by atoms with E-state index in [2.05, 4.69) is 15.5 Å². The van der Waals surface area contributed by atoms with E-state index in [1.807, 2.05) is 20.8 Å². The van der Waals surface area contributed by atoms with Crippen LogP contribution in [0.3, 0.4) is 0 Å². The van der Waals surface area contributed by atoms with E-state index < -0.39 is 28.7 Å². The molecule has 1 atom stereocenters. The quantitative estimate of drug-likeness (QED) is 0.606. The number of hydrogen-bond acceptors (Lipinski definition) is 7. The molecule has 31 heavy (non-hydrogen) atoms. The molecular weight excluding hydrogens is 420 g/mol. The summed E-state index contributed by atoms with van der Waals surface area (Å²) in [6.07, 6.45) is 2.75. The highest BCUT2D eigenvalue weighted by Gasteiger charge is 2.28. The molecule has 2 heterocycles. The van der Waals surface area contributed by atoms with Gasteiger partial charge in [-0.3, -0.25) is 19.7 Å². The van der Waals surface area contributed by atoms with Crippen LogP contribution in [-0.2, 0) is 9.53 Å². The second kappa shape index (κ2) is 9.01. The monoisotopic (exact) mass is 446 g/mol. The van der Waals surface area contributed by atoms with E-state index in [-0.39, 0.29) is 10.9 Å². The zero-order valence-corrected chi connectivity index (χ0v) is 18.5. The second-order valence-corrected chi connectivity index (χ2v) is 9.44. The molecule has 2 aliphatic heterocycles. The molecule has 0 aliphatic carbocycles. The van der Waals surface area contributed by atoms with Gasteiger partial charge >= 0.3 is 6.09 Å². The molecule has 2 fully saturated rings. The number of nitrogens with one attached hydrogen (secondary N) is 2. The minimum Gasteiger partial charge on any atom is -0.444 e. The first-order valence-corrected chi connectivity index (χ1v) is 10.8. The van der Waals surface area contributed by atoms with Gasteiger partial charge in [0.1, 0.15) is 5.60 Å². The number of primary amides is 1. The third-order valence-corrected chi connectivity index (χ3v) is 5.53. The zero-order chi connectivity index (χ0) is 22.8. The number of nitrogens with zero attached hydrogens (tertiary/aromatic N) is 1. The maximum absolute atomic E-state index is 12.2. The molecular formula is C21H26N4O5S. The summed E-state index contributed by atoms with van der Waals surface area (Å²) in [4.78, 5) is 49.7. The van der Waals surface area contributed by atoms with Crippen molar-refractivity contribution in [2.45, 2.75) is 45.3 Å². The maximum Gasteiger partial charge on any atom is 0.407 e. The maximum atomic E-state index is 12.2. The average Bonchev–Trinajstić information content (AvgIpc) is 2.97. The molecule has 0 saturated carbocycles. The Labute approximate surface area is 184 Å². The molecule has 0 aromatic heterocycles. The third kappa shape index (κ3) is 6.00. The molecule has 0 radical (unpaired) electrons. The third-order valence-electron chi connectivity index (χ3n) is 4.72. The van der Waals surface area contributed by atoms with Gasteiger partial charge in [-0.05, 0) is 75.2 Å². The smallest absolute Gasteiger partial charge is 0.407 e. The number of carbonyl (C=O) groups excluding carboxylic acids is 4. The van der Waals surface area contributed by atoms with Crippen LogP contribution >= 0.6 is 11.8 Å². The fourth-order valence-electron chi connectivity index (χ4n) is 3.46. The Morgan fingerprint density at radius 1 is 1.32 bits per heavy atom. The number of benzene rings is 1. The van der Waals surface area contributed by atoms with Crippen molar-refractivity contribution in [3.63, 3.8) is 0 Å². The Morgan fingerprint density at radius 2 is 2.06 bits per heavy atom. The lowest BCUT2D eigenvalue weighted by Crippen LogP contribution is -2.49. The van der Waals surface area contributed by atoms with Crippen LogP contribution in [0.25, 0.3) is 6.08 Å². The lowest BCUT2D eigenvalue weighted by Gasteiger charge is -2.36. The highest BCUT2D eigenvalue weighted by atomic mass is 32.2. The number of rotatable bonds is 4. The van der Waals surface area contributed by atoms with E-state index in [1.54, 1.807) is 24.3 Å². The summed E-state index contributed by atoms with van der Waals surface area (Å²) >= 11 is 0.806. The van der Waals surface area contributed by atoms with E-state index in [1.165, 1.54) is 0 Å². The van der Waals surface area contributed by atoms with Crippen LogP contribution < -0.4 is 21.3 Å². The van der Waals surface area contributed by atoms with Gasteiger partial charge in [-0.15, -0.1) is 0 Å². The fourth-order valence-corrected chi connectivity index (χ4v) is 4.13. The molecule has 2 saturated heterocycles. The van der Waals surface area contributed by atoms with E-state index in [9.17, 15) is 19.2 Å². The highest BCUT2D eigenvalue weighted by Crippen LogP contribution is 2.31. The van der Waals surface area contributed by atoms with Crippen LogP contribution in [0, 0.1) is 0 Å². The van der Waals surface area contributed by atoms with E-state index in [4.69, 9.17) is 10.5 Å². The molecule has 3 rings (SSSR count). The Hall–Kier alpha value is -3.01. The van der Waals surface area contributed by atoms with Gasteiger partial charge in [0.2, 0.25) is 5.91 Å². The van der Waals surface area contributed by atoms with Crippen molar-refractivity contribution in [3.8, 4) is 0 Å². The van der Waals surface area contributed by atoms with Crippen molar-refractivity contribution in [3.05, 3.63) is 34.2 Å². The van der Waals surface area contributed by atoms with Crippen molar-refractivity contribution >= 4 is 46.7 Å². The lowest BCUT2D eigenvalue weighted by atomic mass is 10.0. The first kappa shape index (κ1) is 22.7. The molecule has 4 N–H and O–H groups in total. The molecule has 1 aromatic rings. The number of ether oxygens (including phenoxy) is 1. The Balaban J connectivity index is 1.84. The second-order valence-electron chi connectivity index (χ2n) is 8.42. The predicted molar refractivity (Wildman–Crippen MR) is 119 cm³/mol. The SMILES string of the molecule is CC(C)(C)OC(=O)N[C@H]1CCCN(c2ccc(C(N)=O)cc2C=C2SC(=O)NC2=O)C1. The van der Waals surface area contributed by atoms with Gasteiger partial charge in [0.05, 0.1) is 4.91 Å². The van der Waals surface area contributed by atoms with E-state index in [0.29, 0.717) is 17.7 Å². The zero-order valence-electron chi connectivity index (χ0n) is 17.7. The molecule has 166 valence electrons. The number of amides is 4. The molecule has 0 unspecified atom stereocenters. The summed E-state index contributed by atoms with van der Waals surface area (Å²) in [5.41, 5.74) is 6.51. The standard InChI is InChI=1S/C21H26N4O5S/c1-21(2,3)30-19(28)23-14-5-4-8-25(11-14)15-7-6-12(17(22)26)9-13(15)10-16-18(27)24-20(29)31-16/h6-7,9-10,14H,4-5,8,11H2,1-3H3,(H2,22,26)(H,23,28)(H,24,27,29)/t14-/m0/s1. The largest absolute Gasteiger partial charge is 0.444 e. The van der Waals surface area contributed by atoms with Gasteiger partial charge in [0, 0.05) is 30.4 Å². The lowest BCUT2D eigenvalue weighted by molar-refractivity contribution is -0.115. The molecule has 4 amide bonds. The molecule has 9 nitrogen and oxygen atoms in total. The van der Waals surface area contributed by atoms with Crippen molar-refractivity contribution in [1.82, 2.24) is 10.6 Å². The molecule has 0 spiro atoms. The van der Waals surface area contributed by atoms with Crippen LogP contribution in [0.4, 0.5) is 15.3 Å². The topological polar surface area (TPSA) is 131 Å². The van der Waals surface area contributed by atoms with Gasteiger partial charge in [-0.1, -0.05) is 0 Å². The summed E-state index contributed by atoms with van der Waals surface area (Å²) in [5.74, 6) is -1.07. The van der Waals surface area contributed by atoms with Gasteiger partial charge in [0.25, 0.3) is 11.1 Å². The summed E-state index contributed by atoms with van der Waals surface area (Å²) in [5, 5.41) is 4.68. The number of alkyl carbamates (subject to hydrolysis) is 1. The van der Waals surface area contributed by atoms with E-state index in [0.717, 1.165) is 36.8 Å². The molecule has 2 aliphatic rings. The van der Waals surface area contributed by atoms with Gasteiger partial charge in [-0.2, -0.15) is 0 Å². The predicted octanol–water partition coefficient (Wildman–Crippen LogP) is 2.60. The molecule has 0 bridgehead atoms. The van der Waals surface area contributed by atoms with Crippen molar-refractivity contribution in [1.29, 1.82) is 0 Å². The summed E-state index contributed by atoms with van der Waals surface area (Å²) in [6, 6.07) is 4.87. The Kier molecular flexibility index (Phi) is 6.59. The van der Waals surface area contributed by atoms with Gasteiger partial charge in [-0.25, -0.2) is 4.79 Å². The number of imide groups is 1. The van der Waals surface area contributed by atoms with Crippen molar-refractivity contribution in [2.75, 3.05) is 18.0 Å². The number of nitrogens with two attached hydrogens (primary N) is 1. The number of carbonyl (C=O) groups is 4. The van der Waals surface area contributed by atoms with Crippen molar-refractivity contribution in [2.24, 2.45) is 5.73 Å². The number of piperidine rings is 1. The fraction of sp³-hybridized carbons (Fsp3) is 0.429. The summed E-state index contributed by atoms with van der Waals surface area (Å²) in [6.45, 7) is 6.69. The van der Waals surface area contributed by atoms with Gasteiger partial charge < -0.3 is 20.7 Å². The van der Waals surface area contributed by atoms with Crippen molar-refractivity contribution < 1.29 is 23.9 Å². The van der Waals surface area contributed by atoms with Crippen LogP contribution in [0.15, 0.2) is 23.1 Å². The normalized spacial score (nSPS) is 20.5. The van der Waals surface area contributed by atoms with Crippen LogP contribution in [-0.4, -0.2) is 47.9 Å². The number of thioether (sulfide) groups is 1. The first-order valence-electron chi connectivity index (χ1n) is 9.95. The van der Waals surface area contributed by atoms with Crippen LogP contribution in [0.5, 0.6) is 0 Å². The van der Waals surface area contributed by atoms with Crippen LogP contribution in [0.1, 0.15) is 49.5 Å². The minimum atomic E-state index is -0.589.